The number of benzene rings is 1. The molecule has 7 nitrogen and oxygen atoms in total. The number of aliphatic imine (C=N–C) groups is 1. The van der Waals surface area contributed by atoms with Crippen molar-refractivity contribution in [3.63, 3.8) is 0 Å². The van der Waals surface area contributed by atoms with Crippen molar-refractivity contribution in [2.75, 3.05) is 46.4 Å². The van der Waals surface area contributed by atoms with Crippen molar-refractivity contribution in [3.8, 4) is 11.5 Å². The molecule has 1 aromatic rings. The Labute approximate surface area is 150 Å². The van der Waals surface area contributed by atoms with E-state index in [1.165, 1.54) is 24.9 Å². The monoisotopic (exact) mass is 363 g/mol. The van der Waals surface area contributed by atoms with Gasteiger partial charge < -0.3 is 19.8 Å². The first-order valence-electron chi connectivity index (χ1n) is 8.08. The lowest BCUT2D eigenvalue weighted by molar-refractivity contribution is -0.113. The first-order valence-corrected chi connectivity index (χ1v) is 8.90. The molecule has 134 valence electrons. The van der Waals surface area contributed by atoms with Crippen molar-refractivity contribution in [2.45, 2.75) is 0 Å². The number of hydrogen-bond acceptors (Lipinski definition) is 7. The minimum Gasteiger partial charge on any atom is -0.504 e. The quantitative estimate of drug-likeness (QED) is 0.771. The summed E-state index contributed by atoms with van der Waals surface area (Å²) in [6, 6.07) is 4.95. The highest BCUT2D eigenvalue weighted by atomic mass is 32.2. The number of carbonyl (C=O) groups is 1. The van der Waals surface area contributed by atoms with E-state index in [-0.39, 0.29) is 18.3 Å². The van der Waals surface area contributed by atoms with Gasteiger partial charge in [0.05, 0.1) is 18.6 Å². The van der Waals surface area contributed by atoms with Gasteiger partial charge in [-0.25, -0.2) is 0 Å². The summed E-state index contributed by atoms with van der Waals surface area (Å²) in [5.74, 6) is 0.184. The van der Waals surface area contributed by atoms with Gasteiger partial charge in [-0.1, -0.05) is 6.07 Å². The number of ether oxygens (including phenoxy) is 1. The fourth-order valence-corrected chi connectivity index (χ4v) is 3.74. The van der Waals surface area contributed by atoms with E-state index in [1.807, 2.05) is 0 Å². The highest BCUT2D eigenvalue weighted by molar-refractivity contribution is 8.18. The molecule has 8 heteroatoms. The largest absolute Gasteiger partial charge is 0.504 e. The van der Waals surface area contributed by atoms with E-state index < -0.39 is 0 Å². The lowest BCUT2D eigenvalue weighted by atomic mass is 10.2. The van der Waals surface area contributed by atoms with Crippen molar-refractivity contribution in [2.24, 2.45) is 4.99 Å². The van der Waals surface area contributed by atoms with Gasteiger partial charge in [0, 0.05) is 32.7 Å². The van der Waals surface area contributed by atoms with Crippen molar-refractivity contribution in [1.29, 1.82) is 0 Å². The number of aliphatic hydroxyl groups excluding tert-OH is 1. The summed E-state index contributed by atoms with van der Waals surface area (Å²) in [5, 5.41) is 19.4. The molecule has 0 unspecified atom stereocenters. The Balaban J connectivity index is 1.67. The smallest absolute Gasteiger partial charge is 0.286 e. The molecule has 1 amide bonds. The summed E-state index contributed by atoms with van der Waals surface area (Å²) < 4.78 is 5.09. The number of amidine groups is 1. The van der Waals surface area contributed by atoms with Crippen LogP contribution in [-0.4, -0.2) is 77.5 Å². The Kier molecular flexibility index (Phi) is 5.62. The first kappa shape index (κ1) is 17.8. The van der Waals surface area contributed by atoms with Gasteiger partial charge in [-0.3, -0.25) is 9.69 Å². The van der Waals surface area contributed by atoms with Crippen LogP contribution >= 0.6 is 11.8 Å². The molecule has 0 aliphatic carbocycles. The van der Waals surface area contributed by atoms with Crippen molar-refractivity contribution < 1.29 is 19.7 Å². The summed E-state index contributed by atoms with van der Waals surface area (Å²) >= 11 is 1.37. The Morgan fingerprint density at radius 1 is 1.32 bits per heavy atom. The predicted octanol–water partition coefficient (Wildman–Crippen LogP) is 0.981. The fraction of sp³-hybridized carbons (Fsp3) is 0.412. The SMILES string of the molecule is COc1cc(/C=C2\SC(N3CCN(CCO)CC3)=NC2=O)ccc1O. The van der Waals surface area contributed by atoms with Gasteiger partial charge >= 0.3 is 0 Å². The number of aliphatic hydroxyl groups is 1. The molecule has 2 heterocycles. The van der Waals surface area contributed by atoms with Crippen LogP contribution in [-0.2, 0) is 4.79 Å². The number of rotatable bonds is 4. The lowest BCUT2D eigenvalue weighted by Crippen LogP contribution is -2.48. The van der Waals surface area contributed by atoms with Crippen LogP contribution in [0.3, 0.4) is 0 Å². The molecule has 0 bridgehead atoms. The molecule has 2 N–H and O–H groups in total. The van der Waals surface area contributed by atoms with E-state index in [9.17, 15) is 9.90 Å². The standard InChI is InChI=1S/C17H21N3O4S/c1-24-14-10-12(2-3-13(14)22)11-15-16(23)18-17(25-15)20-6-4-19(5-7-20)8-9-21/h2-3,10-11,21-22H,4-9H2,1H3/b15-11-. The summed E-state index contributed by atoms with van der Waals surface area (Å²) in [4.78, 5) is 21.2. The van der Waals surface area contributed by atoms with Crippen LogP contribution in [0.25, 0.3) is 6.08 Å². The molecule has 25 heavy (non-hydrogen) atoms. The minimum atomic E-state index is -0.246. The van der Waals surface area contributed by atoms with Crippen LogP contribution in [0.1, 0.15) is 5.56 Å². The highest BCUT2D eigenvalue weighted by Gasteiger charge is 2.28. The zero-order valence-electron chi connectivity index (χ0n) is 14.0. The third-order valence-electron chi connectivity index (χ3n) is 4.17. The van der Waals surface area contributed by atoms with Crippen LogP contribution in [0.15, 0.2) is 28.1 Å². The number of piperazine rings is 1. The normalized spacial score (nSPS) is 20.2. The number of aromatic hydroxyl groups is 1. The maximum atomic E-state index is 12.2. The van der Waals surface area contributed by atoms with Crippen molar-refractivity contribution in [1.82, 2.24) is 9.80 Å². The lowest BCUT2D eigenvalue weighted by Gasteiger charge is -2.34. The van der Waals surface area contributed by atoms with E-state index in [0.29, 0.717) is 17.2 Å². The Morgan fingerprint density at radius 2 is 2.08 bits per heavy atom. The molecule has 1 fully saturated rings. The Morgan fingerprint density at radius 3 is 2.76 bits per heavy atom. The van der Waals surface area contributed by atoms with Crippen LogP contribution in [0, 0.1) is 0 Å². The molecule has 0 radical (unpaired) electrons. The highest BCUT2D eigenvalue weighted by Crippen LogP contribution is 2.33. The van der Waals surface area contributed by atoms with Crippen molar-refractivity contribution in [3.05, 3.63) is 28.7 Å². The number of methoxy groups -OCH3 is 1. The zero-order chi connectivity index (χ0) is 17.8. The summed E-state index contributed by atoms with van der Waals surface area (Å²) in [6.45, 7) is 4.13. The van der Waals surface area contributed by atoms with Crippen LogP contribution in [0.5, 0.6) is 11.5 Å². The first-order chi connectivity index (χ1) is 12.1. The van der Waals surface area contributed by atoms with Gasteiger partial charge in [0.2, 0.25) is 0 Å². The molecular weight excluding hydrogens is 342 g/mol. The second kappa shape index (κ2) is 7.90. The Hall–Kier alpha value is -2.03. The van der Waals surface area contributed by atoms with Crippen LogP contribution in [0.2, 0.25) is 0 Å². The zero-order valence-corrected chi connectivity index (χ0v) is 14.8. The van der Waals surface area contributed by atoms with E-state index >= 15 is 0 Å². The number of thioether (sulfide) groups is 1. The van der Waals surface area contributed by atoms with Gasteiger partial charge in [0.25, 0.3) is 5.91 Å². The van der Waals surface area contributed by atoms with Gasteiger partial charge in [-0.15, -0.1) is 0 Å². The molecule has 0 saturated carbocycles. The third kappa shape index (κ3) is 4.15. The van der Waals surface area contributed by atoms with E-state index in [1.54, 1.807) is 18.2 Å². The molecule has 0 aromatic heterocycles. The van der Waals surface area contributed by atoms with E-state index in [4.69, 9.17) is 9.84 Å². The second-order valence-corrected chi connectivity index (χ2v) is 6.80. The Bertz CT molecular complexity index is 712. The topological polar surface area (TPSA) is 85.6 Å². The van der Waals surface area contributed by atoms with Crippen LogP contribution < -0.4 is 4.74 Å². The molecule has 0 spiro atoms. The molecule has 2 aliphatic rings. The number of hydrogen-bond donors (Lipinski definition) is 2. The molecule has 1 aromatic carbocycles. The van der Waals surface area contributed by atoms with Gasteiger partial charge in [-0.2, -0.15) is 4.99 Å². The average Bonchev–Trinajstić information content (AvgIpc) is 2.98. The number of amides is 1. The maximum absolute atomic E-state index is 12.2. The number of β-amino-alcohol motifs (C(OH)–C–C–N with tert-alkyl or cyclic N) is 1. The molecule has 1 saturated heterocycles. The van der Waals surface area contributed by atoms with Gasteiger partial charge in [0.1, 0.15) is 0 Å². The van der Waals surface area contributed by atoms with Crippen molar-refractivity contribution >= 4 is 28.9 Å². The van der Waals surface area contributed by atoms with Gasteiger partial charge in [-0.05, 0) is 35.5 Å². The molecule has 0 atom stereocenters. The molecule has 3 rings (SSSR count). The number of phenolic OH excluding ortho intramolecular Hbond substituents is 1. The summed E-state index contributed by atoms with van der Waals surface area (Å²) in [7, 11) is 1.49. The van der Waals surface area contributed by atoms with E-state index in [2.05, 4.69) is 14.8 Å². The van der Waals surface area contributed by atoms with E-state index in [0.717, 1.165) is 36.9 Å². The summed E-state index contributed by atoms with van der Waals surface area (Å²) in [5.41, 5.74) is 0.773. The summed E-state index contributed by atoms with van der Waals surface area (Å²) in [6.07, 6.45) is 1.76. The molecule has 2 aliphatic heterocycles. The predicted molar refractivity (Wildman–Crippen MR) is 97.8 cm³/mol. The number of carbonyl (C=O) groups excluding carboxylic acids is 1. The fourth-order valence-electron chi connectivity index (χ4n) is 2.77. The minimum absolute atomic E-state index is 0.0627. The average molecular weight is 363 g/mol. The van der Waals surface area contributed by atoms with Crippen LogP contribution in [0.4, 0.5) is 0 Å². The second-order valence-electron chi connectivity index (χ2n) is 5.79. The molecular formula is C17H21N3O4S. The van der Waals surface area contributed by atoms with Gasteiger partial charge in [0.15, 0.2) is 16.7 Å². The third-order valence-corrected chi connectivity index (χ3v) is 5.21. The maximum Gasteiger partial charge on any atom is 0.286 e. The number of nitrogens with zero attached hydrogens (tertiary/aromatic N) is 3. The number of phenols is 1.